The molecule has 5 nitrogen and oxygen atoms in total. The average Bonchev–Trinajstić information content (AvgIpc) is 2.22. The SMILES string of the molecule is CC(C)(NC(=O)Nc1cc(Cl)ccc1F)C(=O)O. The smallest absolute Gasteiger partial charge is 0.328 e. The number of carboxylic acid groups (broad SMARTS) is 1. The van der Waals surface area contributed by atoms with Crippen molar-refractivity contribution in [3.8, 4) is 0 Å². The number of carbonyl (C=O) groups is 2. The van der Waals surface area contributed by atoms with Gasteiger partial charge in [-0.3, -0.25) is 0 Å². The van der Waals surface area contributed by atoms with Crippen molar-refractivity contribution >= 4 is 29.3 Å². The lowest BCUT2D eigenvalue weighted by Gasteiger charge is -2.21. The molecule has 1 aromatic rings. The van der Waals surface area contributed by atoms with Gasteiger partial charge < -0.3 is 15.7 Å². The van der Waals surface area contributed by atoms with Crippen molar-refractivity contribution in [3.05, 3.63) is 29.0 Å². The van der Waals surface area contributed by atoms with E-state index in [0.717, 1.165) is 6.07 Å². The molecule has 0 aliphatic heterocycles. The van der Waals surface area contributed by atoms with Crippen LogP contribution in [0.15, 0.2) is 18.2 Å². The van der Waals surface area contributed by atoms with Crippen LogP contribution in [0.4, 0.5) is 14.9 Å². The normalized spacial score (nSPS) is 10.9. The minimum atomic E-state index is -1.46. The molecule has 0 spiro atoms. The number of hydrogen-bond donors (Lipinski definition) is 3. The van der Waals surface area contributed by atoms with E-state index >= 15 is 0 Å². The number of rotatable bonds is 3. The molecular formula is C11H12ClFN2O3. The third kappa shape index (κ3) is 3.59. The Bertz CT molecular complexity index is 491. The van der Waals surface area contributed by atoms with Gasteiger partial charge in [-0.15, -0.1) is 0 Å². The fraction of sp³-hybridized carbons (Fsp3) is 0.273. The van der Waals surface area contributed by atoms with Gasteiger partial charge in [0.2, 0.25) is 0 Å². The van der Waals surface area contributed by atoms with Gasteiger partial charge in [-0.25, -0.2) is 14.0 Å². The zero-order valence-electron chi connectivity index (χ0n) is 9.75. The Labute approximate surface area is 108 Å². The highest BCUT2D eigenvalue weighted by atomic mass is 35.5. The lowest BCUT2D eigenvalue weighted by Crippen LogP contribution is -2.51. The molecular weight excluding hydrogens is 263 g/mol. The van der Waals surface area contributed by atoms with Gasteiger partial charge in [0.25, 0.3) is 0 Å². The average molecular weight is 275 g/mol. The molecule has 0 saturated carbocycles. The highest BCUT2D eigenvalue weighted by molar-refractivity contribution is 6.30. The van der Waals surface area contributed by atoms with Gasteiger partial charge in [0.15, 0.2) is 0 Å². The summed E-state index contributed by atoms with van der Waals surface area (Å²) >= 11 is 5.65. The molecule has 0 aliphatic carbocycles. The molecule has 0 aromatic heterocycles. The van der Waals surface area contributed by atoms with Crippen LogP contribution in [0.1, 0.15) is 13.8 Å². The summed E-state index contributed by atoms with van der Waals surface area (Å²) in [6.07, 6.45) is 0. The molecule has 0 radical (unpaired) electrons. The fourth-order valence-corrected chi connectivity index (χ4v) is 1.26. The number of hydrogen-bond acceptors (Lipinski definition) is 2. The summed E-state index contributed by atoms with van der Waals surface area (Å²) in [5.41, 5.74) is -1.58. The van der Waals surface area contributed by atoms with Crippen LogP contribution >= 0.6 is 11.6 Å². The van der Waals surface area contributed by atoms with Gasteiger partial charge >= 0.3 is 12.0 Å². The standard InChI is InChI=1S/C11H12ClFN2O3/c1-11(2,9(16)17)15-10(18)14-8-5-6(12)3-4-7(8)13/h3-5H,1-2H3,(H,16,17)(H2,14,15,18). The number of nitrogens with one attached hydrogen (secondary N) is 2. The minimum absolute atomic E-state index is 0.124. The van der Waals surface area contributed by atoms with Crippen LogP contribution in [-0.2, 0) is 4.79 Å². The van der Waals surface area contributed by atoms with E-state index in [1.54, 1.807) is 0 Å². The predicted molar refractivity (Wildman–Crippen MR) is 65.3 cm³/mol. The fourth-order valence-electron chi connectivity index (χ4n) is 1.08. The summed E-state index contributed by atoms with van der Waals surface area (Å²) in [6.45, 7) is 2.62. The number of carbonyl (C=O) groups excluding carboxylic acids is 1. The molecule has 0 bridgehead atoms. The molecule has 7 heteroatoms. The van der Waals surface area contributed by atoms with E-state index in [4.69, 9.17) is 16.7 Å². The predicted octanol–water partition coefficient (Wildman–Crippen LogP) is 2.46. The maximum absolute atomic E-state index is 13.3. The van der Waals surface area contributed by atoms with Crippen LogP contribution in [0.25, 0.3) is 0 Å². The number of anilines is 1. The Morgan fingerprint density at radius 1 is 1.39 bits per heavy atom. The van der Waals surface area contributed by atoms with Crippen molar-refractivity contribution in [2.24, 2.45) is 0 Å². The Morgan fingerprint density at radius 3 is 2.56 bits per heavy atom. The van der Waals surface area contributed by atoms with Crippen molar-refractivity contribution in [1.82, 2.24) is 5.32 Å². The lowest BCUT2D eigenvalue weighted by atomic mass is 10.1. The van der Waals surface area contributed by atoms with E-state index in [2.05, 4.69) is 10.6 Å². The topological polar surface area (TPSA) is 78.4 Å². The second-order valence-electron chi connectivity index (χ2n) is 4.13. The molecule has 98 valence electrons. The summed E-state index contributed by atoms with van der Waals surface area (Å²) in [5, 5.41) is 13.5. The molecule has 0 fully saturated rings. The number of carboxylic acids is 1. The van der Waals surface area contributed by atoms with Gasteiger partial charge in [0.1, 0.15) is 11.4 Å². The van der Waals surface area contributed by atoms with Crippen LogP contribution < -0.4 is 10.6 Å². The first-order valence-electron chi connectivity index (χ1n) is 5.00. The molecule has 3 N–H and O–H groups in total. The first-order valence-corrected chi connectivity index (χ1v) is 5.38. The van der Waals surface area contributed by atoms with E-state index in [0.29, 0.717) is 0 Å². The molecule has 0 saturated heterocycles. The first-order chi connectivity index (χ1) is 8.22. The Hall–Kier alpha value is -1.82. The zero-order valence-corrected chi connectivity index (χ0v) is 10.5. The second kappa shape index (κ2) is 5.22. The highest BCUT2D eigenvalue weighted by Gasteiger charge is 2.29. The molecule has 0 aliphatic rings. The maximum Gasteiger partial charge on any atom is 0.328 e. The first kappa shape index (κ1) is 14.2. The van der Waals surface area contributed by atoms with Gasteiger partial charge in [-0.2, -0.15) is 0 Å². The second-order valence-corrected chi connectivity index (χ2v) is 4.57. The van der Waals surface area contributed by atoms with Crippen LogP contribution in [0, 0.1) is 5.82 Å². The summed E-state index contributed by atoms with van der Waals surface area (Å²) in [6, 6.07) is 2.83. The maximum atomic E-state index is 13.3. The Kier molecular flexibility index (Phi) is 4.13. The molecule has 0 heterocycles. The molecule has 2 amide bonds. The van der Waals surface area contributed by atoms with E-state index < -0.39 is 23.4 Å². The van der Waals surface area contributed by atoms with E-state index in [1.807, 2.05) is 0 Å². The van der Waals surface area contributed by atoms with Gasteiger partial charge in [0, 0.05) is 5.02 Å². The number of halogens is 2. The molecule has 18 heavy (non-hydrogen) atoms. The van der Waals surface area contributed by atoms with Gasteiger partial charge in [-0.1, -0.05) is 11.6 Å². The van der Waals surface area contributed by atoms with Crippen molar-refractivity contribution in [2.45, 2.75) is 19.4 Å². The van der Waals surface area contributed by atoms with Gasteiger partial charge in [0.05, 0.1) is 5.69 Å². The monoisotopic (exact) mass is 274 g/mol. The van der Waals surface area contributed by atoms with Crippen molar-refractivity contribution in [3.63, 3.8) is 0 Å². The van der Waals surface area contributed by atoms with E-state index in [9.17, 15) is 14.0 Å². The van der Waals surface area contributed by atoms with Crippen LogP contribution in [0.2, 0.25) is 5.02 Å². The van der Waals surface area contributed by atoms with E-state index in [-0.39, 0.29) is 10.7 Å². The third-order valence-electron chi connectivity index (χ3n) is 2.14. The number of benzene rings is 1. The quantitative estimate of drug-likeness (QED) is 0.792. The van der Waals surface area contributed by atoms with Crippen LogP contribution in [0.5, 0.6) is 0 Å². The highest BCUT2D eigenvalue weighted by Crippen LogP contribution is 2.19. The summed E-state index contributed by atoms with van der Waals surface area (Å²) in [7, 11) is 0. The molecule has 0 unspecified atom stereocenters. The van der Waals surface area contributed by atoms with Crippen molar-refractivity contribution in [1.29, 1.82) is 0 Å². The lowest BCUT2D eigenvalue weighted by molar-refractivity contribution is -0.142. The Balaban J connectivity index is 2.77. The largest absolute Gasteiger partial charge is 0.480 e. The number of aliphatic carboxylic acids is 1. The van der Waals surface area contributed by atoms with Crippen molar-refractivity contribution in [2.75, 3.05) is 5.32 Å². The molecule has 1 aromatic carbocycles. The van der Waals surface area contributed by atoms with E-state index in [1.165, 1.54) is 26.0 Å². The summed E-state index contributed by atoms with van der Waals surface area (Å²) in [5.74, 6) is -1.87. The summed E-state index contributed by atoms with van der Waals surface area (Å²) < 4.78 is 13.3. The zero-order chi connectivity index (χ0) is 13.9. The number of amides is 2. The third-order valence-corrected chi connectivity index (χ3v) is 2.37. The Morgan fingerprint density at radius 2 is 2.00 bits per heavy atom. The van der Waals surface area contributed by atoms with Crippen LogP contribution in [-0.4, -0.2) is 22.6 Å². The minimum Gasteiger partial charge on any atom is -0.480 e. The van der Waals surface area contributed by atoms with Crippen LogP contribution in [0.3, 0.4) is 0 Å². The molecule has 1 rings (SSSR count). The molecule has 0 atom stereocenters. The van der Waals surface area contributed by atoms with Gasteiger partial charge in [-0.05, 0) is 32.0 Å². The van der Waals surface area contributed by atoms with Crippen molar-refractivity contribution < 1.29 is 19.1 Å². The number of urea groups is 1. The summed E-state index contributed by atoms with van der Waals surface area (Å²) in [4.78, 5) is 22.3.